The number of esters is 1. The highest BCUT2D eigenvalue weighted by molar-refractivity contribution is 5.73. The number of rotatable bonds is 4. The Morgan fingerprint density at radius 1 is 1.56 bits per heavy atom. The predicted molar refractivity (Wildman–Crippen MR) is 67.8 cm³/mol. The summed E-state index contributed by atoms with van der Waals surface area (Å²) >= 11 is 0. The van der Waals surface area contributed by atoms with Crippen molar-refractivity contribution >= 4 is 5.97 Å². The van der Waals surface area contributed by atoms with Crippen LogP contribution in [-0.4, -0.2) is 40.8 Å². The molecule has 100 valence electrons. The maximum atomic E-state index is 11.6. The second-order valence-electron chi connectivity index (χ2n) is 5.01. The van der Waals surface area contributed by atoms with E-state index in [1.807, 2.05) is 10.9 Å². The number of methoxy groups -OCH3 is 1. The topological polar surface area (TPSA) is 47.4 Å². The number of carbonyl (C=O) groups is 1. The zero-order valence-electron chi connectivity index (χ0n) is 11.3. The molecule has 1 aliphatic rings. The maximum Gasteiger partial charge on any atom is 0.310 e. The van der Waals surface area contributed by atoms with Gasteiger partial charge in [-0.25, -0.2) is 0 Å². The lowest BCUT2D eigenvalue weighted by Gasteiger charge is -2.13. The van der Waals surface area contributed by atoms with Crippen LogP contribution in [0.5, 0.6) is 0 Å². The van der Waals surface area contributed by atoms with Gasteiger partial charge in [-0.1, -0.05) is 6.92 Å². The lowest BCUT2D eigenvalue weighted by molar-refractivity contribution is -0.146. The highest BCUT2D eigenvalue weighted by Crippen LogP contribution is 2.25. The number of aromatic nitrogens is 2. The molecule has 0 amide bonds. The van der Waals surface area contributed by atoms with Crippen LogP contribution < -0.4 is 0 Å². The van der Waals surface area contributed by atoms with E-state index >= 15 is 0 Å². The Hall–Kier alpha value is -1.36. The van der Waals surface area contributed by atoms with Gasteiger partial charge in [0.2, 0.25) is 0 Å². The third-order valence-corrected chi connectivity index (χ3v) is 3.61. The summed E-state index contributed by atoms with van der Waals surface area (Å²) in [5, 5.41) is 4.26. The Kier molecular flexibility index (Phi) is 4.01. The van der Waals surface area contributed by atoms with Crippen LogP contribution in [-0.2, 0) is 22.6 Å². The minimum atomic E-state index is -0.0887. The van der Waals surface area contributed by atoms with Gasteiger partial charge in [-0.05, 0) is 12.8 Å². The molecule has 0 radical (unpaired) electrons. The molecule has 5 nitrogen and oxygen atoms in total. The van der Waals surface area contributed by atoms with E-state index in [0.29, 0.717) is 5.92 Å². The molecule has 0 N–H and O–H groups in total. The van der Waals surface area contributed by atoms with Crippen molar-refractivity contribution in [1.82, 2.24) is 14.7 Å². The van der Waals surface area contributed by atoms with Crippen LogP contribution in [0.4, 0.5) is 0 Å². The molecule has 2 heterocycles. The zero-order chi connectivity index (χ0) is 13.1. The molecule has 1 aromatic rings. The van der Waals surface area contributed by atoms with Crippen molar-refractivity contribution in [2.24, 2.45) is 11.8 Å². The molecular formula is C13H21N3O2. The molecule has 0 saturated carbocycles. The number of nitrogens with zero attached hydrogens (tertiary/aromatic N) is 3. The molecular weight excluding hydrogens is 230 g/mol. The van der Waals surface area contributed by atoms with Gasteiger partial charge in [0.15, 0.2) is 0 Å². The Morgan fingerprint density at radius 2 is 2.33 bits per heavy atom. The van der Waals surface area contributed by atoms with Gasteiger partial charge in [-0.2, -0.15) is 5.10 Å². The first-order valence-corrected chi connectivity index (χ1v) is 6.45. The summed E-state index contributed by atoms with van der Waals surface area (Å²) < 4.78 is 6.77. The zero-order valence-corrected chi connectivity index (χ0v) is 11.3. The standard InChI is InChI=1S/C13H21N3O2/c1-4-16-8-11(5-14-16)7-15-6-10(2)12(9-15)13(17)18-3/h5,8,10,12H,4,6-7,9H2,1-3H3. The van der Waals surface area contributed by atoms with Gasteiger partial charge in [0.25, 0.3) is 0 Å². The average Bonchev–Trinajstić information content (AvgIpc) is 2.95. The quantitative estimate of drug-likeness (QED) is 0.753. The van der Waals surface area contributed by atoms with Gasteiger partial charge in [-0.3, -0.25) is 14.4 Å². The van der Waals surface area contributed by atoms with E-state index in [1.54, 1.807) is 0 Å². The van der Waals surface area contributed by atoms with E-state index in [1.165, 1.54) is 12.7 Å². The summed E-state index contributed by atoms with van der Waals surface area (Å²) in [6.45, 7) is 7.65. The van der Waals surface area contributed by atoms with Gasteiger partial charge in [0.1, 0.15) is 0 Å². The number of aryl methyl sites for hydroxylation is 1. The van der Waals surface area contributed by atoms with E-state index in [2.05, 4.69) is 30.0 Å². The maximum absolute atomic E-state index is 11.6. The van der Waals surface area contributed by atoms with Gasteiger partial charge < -0.3 is 4.74 Å². The molecule has 0 aromatic carbocycles. The molecule has 18 heavy (non-hydrogen) atoms. The first-order chi connectivity index (χ1) is 8.63. The first kappa shape index (κ1) is 13.1. The average molecular weight is 251 g/mol. The van der Waals surface area contributed by atoms with Crippen molar-refractivity contribution in [1.29, 1.82) is 0 Å². The Morgan fingerprint density at radius 3 is 2.94 bits per heavy atom. The van der Waals surface area contributed by atoms with Crippen molar-refractivity contribution in [3.8, 4) is 0 Å². The SMILES string of the molecule is CCn1cc(CN2CC(C)C(C(=O)OC)C2)cn1. The number of likely N-dealkylation sites (tertiary alicyclic amines) is 1. The van der Waals surface area contributed by atoms with Crippen LogP contribution in [0.15, 0.2) is 12.4 Å². The highest BCUT2D eigenvalue weighted by atomic mass is 16.5. The monoisotopic (exact) mass is 251 g/mol. The fraction of sp³-hybridized carbons (Fsp3) is 0.692. The Labute approximate surface area is 108 Å². The normalized spacial score (nSPS) is 24.4. The minimum absolute atomic E-state index is 0.0104. The van der Waals surface area contributed by atoms with Crippen molar-refractivity contribution in [3.05, 3.63) is 18.0 Å². The molecule has 2 atom stereocenters. The minimum Gasteiger partial charge on any atom is -0.469 e. The van der Waals surface area contributed by atoms with Crippen LogP contribution in [0.2, 0.25) is 0 Å². The fourth-order valence-corrected chi connectivity index (χ4v) is 2.57. The summed E-state index contributed by atoms with van der Waals surface area (Å²) in [5.41, 5.74) is 1.20. The summed E-state index contributed by atoms with van der Waals surface area (Å²) in [4.78, 5) is 13.9. The first-order valence-electron chi connectivity index (χ1n) is 6.45. The van der Waals surface area contributed by atoms with Crippen molar-refractivity contribution in [2.75, 3.05) is 20.2 Å². The van der Waals surface area contributed by atoms with Crippen LogP contribution >= 0.6 is 0 Å². The van der Waals surface area contributed by atoms with Crippen molar-refractivity contribution in [2.45, 2.75) is 26.9 Å². The third-order valence-electron chi connectivity index (χ3n) is 3.61. The molecule has 2 rings (SSSR count). The van der Waals surface area contributed by atoms with Crippen molar-refractivity contribution in [3.63, 3.8) is 0 Å². The number of hydrogen-bond acceptors (Lipinski definition) is 4. The highest BCUT2D eigenvalue weighted by Gasteiger charge is 2.35. The van der Waals surface area contributed by atoms with Gasteiger partial charge in [-0.15, -0.1) is 0 Å². The van der Waals surface area contributed by atoms with E-state index in [4.69, 9.17) is 4.74 Å². The molecule has 1 aromatic heterocycles. The molecule has 0 aliphatic carbocycles. The molecule has 0 bridgehead atoms. The Balaban J connectivity index is 1.94. The lowest BCUT2D eigenvalue weighted by atomic mass is 9.99. The van der Waals surface area contributed by atoms with Crippen LogP contribution in [0.3, 0.4) is 0 Å². The van der Waals surface area contributed by atoms with Gasteiger partial charge in [0, 0.05) is 37.9 Å². The van der Waals surface area contributed by atoms with Crippen LogP contribution in [0.1, 0.15) is 19.4 Å². The smallest absolute Gasteiger partial charge is 0.310 e. The summed E-state index contributed by atoms with van der Waals surface area (Å²) in [6, 6.07) is 0. The number of carbonyl (C=O) groups excluding carboxylic acids is 1. The molecule has 1 aliphatic heterocycles. The largest absolute Gasteiger partial charge is 0.469 e. The number of hydrogen-bond donors (Lipinski definition) is 0. The molecule has 2 unspecified atom stereocenters. The summed E-state index contributed by atoms with van der Waals surface area (Å²) in [5.74, 6) is 0.282. The summed E-state index contributed by atoms with van der Waals surface area (Å²) in [7, 11) is 1.46. The van der Waals surface area contributed by atoms with E-state index in [9.17, 15) is 4.79 Å². The van der Waals surface area contributed by atoms with E-state index < -0.39 is 0 Å². The molecule has 5 heteroatoms. The van der Waals surface area contributed by atoms with Gasteiger partial charge in [0.05, 0.1) is 19.2 Å². The second kappa shape index (κ2) is 5.52. The Bertz CT molecular complexity index is 416. The molecule has 1 saturated heterocycles. The molecule has 0 spiro atoms. The van der Waals surface area contributed by atoms with E-state index in [-0.39, 0.29) is 11.9 Å². The summed E-state index contributed by atoms with van der Waals surface area (Å²) in [6.07, 6.45) is 3.97. The third kappa shape index (κ3) is 2.72. The second-order valence-corrected chi connectivity index (χ2v) is 5.01. The molecule has 1 fully saturated rings. The van der Waals surface area contributed by atoms with Gasteiger partial charge >= 0.3 is 5.97 Å². The lowest BCUT2D eigenvalue weighted by Crippen LogP contribution is -2.24. The number of ether oxygens (including phenoxy) is 1. The van der Waals surface area contributed by atoms with Crippen LogP contribution in [0.25, 0.3) is 0 Å². The fourth-order valence-electron chi connectivity index (χ4n) is 2.57. The van der Waals surface area contributed by atoms with Crippen molar-refractivity contribution < 1.29 is 9.53 Å². The van der Waals surface area contributed by atoms with E-state index in [0.717, 1.165) is 26.2 Å². The van der Waals surface area contributed by atoms with Crippen LogP contribution in [0, 0.1) is 11.8 Å². The predicted octanol–water partition coefficient (Wildman–Crippen LogP) is 1.14.